The van der Waals surface area contributed by atoms with E-state index in [-0.39, 0.29) is 18.4 Å². The molecule has 6 nitrogen and oxygen atoms in total. The van der Waals surface area contributed by atoms with Crippen molar-refractivity contribution < 1.29 is 4.79 Å². The van der Waals surface area contributed by atoms with Crippen molar-refractivity contribution in [2.75, 3.05) is 5.32 Å². The van der Waals surface area contributed by atoms with Gasteiger partial charge in [0.2, 0.25) is 11.9 Å². The van der Waals surface area contributed by atoms with Crippen molar-refractivity contribution in [2.24, 2.45) is 0 Å². The molecule has 3 aromatic rings. The molecule has 0 aliphatic carbocycles. The van der Waals surface area contributed by atoms with Crippen LogP contribution >= 0.6 is 11.6 Å². The summed E-state index contributed by atoms with van der Waals surface area (Å²) in [5.41, 5.74) is 1.01. The largest absolute Gasteiger partial charge is 0.346 e. The van der Waals surface area contributed by atoms with Crippen LogP contribution in [0.2, 0.25) is 5.02 Å². The van der Waals surface area contributed by atoms with Crippen LogP contribution in [0.25, 0.3) is 0 Å². The van der Waals surface area contributed by atoms with E-state index in [4.69, 9.17) is 11.6 Å². The van der Waals surface area contributed by atoms with Gasteiger partial charge >= 0.3 is 0 Å². The zero-order valence-corrected chi connectivity index (χ0v) is 12.4. The van der Waals surface area contributed by atoms with Gasteiger partial charge in [-0.05, 0) is 29.8 Å². The minimum atomic E-state index is -0.148. The SMILES string of the molecule is O=C(C[C@H](c1ccc(Cl)cc1)n1cccc1)Nc1ncn[nH]1. The molecule has 1 atom stereocenters. The van der Waals surface area contributed by atoms with E-state index in [0.717, 1.165) is 5.56 Å². The van der Waals surface area contributed by atoms with Gasteiger partial charge in [-0.25, -0.2) is 5.10 Å². The molecule has 0 aliphatic rings. The highest BCUT2D eigenvalue weighted by atomic mass is 35.5. The molecule has 3 rings (SSSR count). The summed E-state index contributed by atoms with van der Waals surface area (Å²) in [7, 11) is 0. The Morgan fingerprint density at radius 1 is 1.27 bits per heavy atom. The molecule has 0 radical (unpaired) electrons. The third-order valence-electron chi connectivity index (χ3n) is 3.29. The van der Waals surface area contributed by atoms with Crippen molar-refractivity contribution in [3.05, 3.63) is 65.7 Å². The summed E-state index contributed by atoms with van der Waals surface area (Å²) in [5.74, 6) is 0.192. The zero-order valence-electron chi connectivity index (χ0n) is 11.6. The molecular weight excluding hydrogens is 302 g/mol. The number of nitrogens with zero attached hydrogens (tertiary/aromatic N) is 3. The molecule has 0 spiro atoms. The number of rotatable bonds is 5. The maximum atomic E-state index is 12.2. The molecule has 1 aromatic carbocycles. The molecule has 0 unspecified atom stereocenters. The minimum Gasteiger partial charge on any atom is -0.346 e. The number of halogens is 1. The lowest BCUT2D eigenvalue weighted by Gasteiger charge is -2.19. The van der Waals surface area contributed by atoms with Gasteiger partial charge in [-0.1, -0.05) is 23.7 Å². The molecule has 7 heteroatoms. The van der Waals surface area contributed by atoms with Crippen molar-refractivity contribution in [2.45, 2.75) is 12.5 Å². The summed E-state index contributed by atoms with van der Waals surface area (Å²) in [6.07, 6.45) is 5.48. The zero-order chi connectivity index (χ0) is 15.4. The fraction of sp³-hybridized carbons (Fsp3) is 0.133. The molecule has 0 saturated carbocycles. The second kappa shape index (κ2) is 6.44. The smallest absolute Gasteiger partial charge is 0.229 e. The van der Waals surface area contributed by atoms with Gasteiger partial charge in [0.05, 0.1) is 12.5 Å². The third kappa shape index (κ3) is 3.35. The van der Waals surface area contributed by atoms with E-state index in [0.29, 0.717) is 11.0 Å². The molecule has 22 heavy (non-hydrogen) atoms. The van der Waals surface area contributed by atoms with Crippen LogP contribution < -0.4 is 5.32 Å². The van der Waals surface area contributed by atoms with Gasteiger partial charge in [0.25, 0.3) is 0 Å². The minimum absolute atomic E-state index is 0.116. The van der Waals surface area contributed by atoms with Crippen LogP contribution in [0, 0.1) is 0 Å². The summed E-state index contributed by atoms with van der Waals surface area (Å²) >= 11 is 5.94. The van der Waals surface area contributed by atoms with Gasteiger partial charge < -0.3 is 4.57 Å². The molecular formula is C15H14ClN5O. The first-order valence-electron chi connectivity index (χ1n) is 6.75. The quantitative estimate of drug-likeness (QED) is 0.760. The number of amides is 1. The summed E-state index contributed by atoms with van der Waals surface area (Å²) < 4.78 is 1.99. The predicted octanol–water partition coefficient (Wildman–Crippen LogP) is 2.88. The van der Waals surface area contributed by atoms with Crippen LogP contribution in [0.4, 0.5) is 5.95 Å². The first-order chi connectivity index (χ1) is 10.7. The molecule has 1 amide bonds. The molecule has 2 heterocycles. The summed E-state index contributed by atoms with van der Waals surface area (Å²) in [4.78, 5) is 16.1. The Bertz CT molecular complexity index is 722. The highest BCUT2D eigenvalue weighted by Gasteiger charge is 2.18. The van der Waals surface area contributed by atoms with Crippen molar-refractivity contribution in [1.29, 1.82) is 0 Å². The van der Waals surface area contributed by atoms with Crippen LogP contribution in [0.3, 0.4) is 0 Å². The van der Waals surface area contributed by atoms with Gasteiger partial charge in [-0.15, -0.1) is 0 Å². The third-order valence-corrected chi connectivity index (χ3v) is 3.55. The van der Waals surface area contributed by atoms with E-state index >= 15 is 0 Å². The monoisotopic (exact) mass is 315 g/mol. The number of carbonyl (C=O) groups is 1. The predicted molar refractivity (Wildman–Crippen MR) is 83.7 cm³/mol. The Kier molecular flexibility index (Phi) is 4.20. The fourth-order valence-electron chi connectivity index (χ4n) is 2.26. The molecule has 2 N–H and O–H groups in total. The average Bonchev–Trinajstić information content (AvgIpc) is 3.19. The lowest BCUT2D eigenvalue weighted by Crippen LogP contribution is -2.20. The van der Waals surface area contributed by atoms with Crippen molar-refractivity contribution in [3.8, 4) is 0 Å². The van der Waals surface area contributed by atoms with E-state index in [9.17, 15) is 4.79 Å². The average molecular weight is 316 g/mol. The Balaban J connectivity index is 1.80. The van der Waals surface area contributed by atoms with Gasteiger partial charge in [0, 0.05) is 17.4 Å². The number of aromatic amines is 1. The van der Waals surface area contributed by atoms with Gasteiger partial charge in [-0.3, -0.25) is 10.1 Å². The van der Waals surface area contributed by atoms with Crippen LogP contribution in [-0.4, -0.2) is 25.7 Å². The van der Waals surface area contributed by atoms with E-state index in [2.05, 4.69) is 20.5 Å². The first-order valence-corrected chi connectivity index (χ1v) is 7.13. The van der Waals surface area contributed by atoms with Crippen molar-refractivity contribution in [3.63, 3.8) is 0 Å². The Labute approximate surface area is 132 Å². The molecule has 0 bridgehead atoms. The van der Waals surface area contributed by atoms with Crippen molar-refractivity contribution >= 4 is 23.5 Å². The molecule has 0 aliphatic heterocycles. The number of aromatic nitrogens is 4. The second-order valence-electron chi connectivity index (χ2n) is 4.78. The number of carbonyl (C=O) groups excluding carboxylic acids is 1. The number of nitrogens with one attached hydrogen (secondary N) is 2. The number of H-pyrrole nitrogens is 1. The summed E-state index contributed by atoms with van der Waals surface area (Å²) in [6, 6.07) is 11.2. The van der Waals surface area contributed by atoms with E-state index < -0.39 is 0 Å². The first kappa shape index (κ1) is 14.3. The van der Waals surface area contributed by atoms with Gasteiger partial charge in [0.1, 0.15) is 6.33 Å². The molecule has 0 saturated heterocycles. The van der Waals surface area contributed by atoms with Crippen molar-refractivity contribution in [1.82, 2.24) is 19.7 Å². The normalized spacial score (nSPS) is 12.0. The van der Waals surface area contributed by atoms with Crippen LogP contribution in [0.5, 0.6) is 0 Å². The Hall–Kier alpha value is -2.60. The second-order valence-corrected chi connectivity index (χ2v) is 5.22. The maximum Gasteiger partial charge on any atom is 0.229 e. The Morgan fingerprint density at radius 2 is 2.00 bits per heavy atom. The molecule has 112 valence electrons. The van der Waals surface area contributed by atoms with Gasteiger partial charge in [0.15, 0.2) is 0 Å². The van der Waals surface area contributed by atoms with Crippen LogP contribution in [0.15, 0.2) is 55.1 Å². The fourth-order valence-corrected chi connectivity index (χ4v) is 2.39. The number of hydrogen-bond donors (Lipinski definition) is 2. The maximum absolute atomic E-state index is 12.2. The van der Waals surface area contributed by atoms with E-state index in [1.807, 2.05) is 53.4 Å². The summed E-state index contributed by atoms with van der Waals surface area (Å²) in [6.45, 7) is 0. The topological polar surface area (TPSA) is 75.6 Å². The summed E-state index contributed by atoms with van der Waals surface area (Å²) in [5, 5.41) is 9.66. The lowest BCUT2D eigenvalue weighted by atomic mass is 10.0. The molecule has 0 fully saturated rings. The van der Waals surface area contributed by atoms with E-state index in [1.54, 1.807) is 0 Å². The standard InChI is InChI=1S/C15H14ClN5O/c16-12-5-3-11(4-6-12)13(21-7-1-2-8-21)9-14(22)19-15-17-10-18-20-15/h1-8,10,13H,9H2,(H2,17,18,19,20,22)/t13-/m1/s1. The molecule has 2 aromatic heterocycles. The van der Waals surface area contributed by atoms with Crippen LogP contribution in [-0.2, 0) is 4.79 Å². The van der Waals surface area contributed by atoms with Crippen LogP contribution in [0.1, 0.15) is 18.0 Å². The highest BCUT2D eigenvalue weighted by molar-refractivity contribution is 6.30. The number of hydrogen-bond acceptors (Lipinski definition) is 3. The number of benzene rings is 1. The lowest BCUT2D eigenvalue weighted by molar-refractivity contribution is -0.116. The number of anilines is 1. The van der Waals surface area contributed by atoms with Gasteiger partial charge in [-0.2, -0.15) is 10.1 Å². The Morgan fingerprint density at radius 3 is 2.64 bits per heavy atom. The van der Waals surface area contributed by atoms with E-state index in [1.165, 1.54) is 6.33 Å². The highest BCUT2D eigenvalue weighted by Crippen LogP contribution is 2.24.